The van der Waals surface area contributed by atoms with Gasteiger partial charge in [-0.05, 0) is 43.3 Å². The third-order valence-electron chi connectivity index (χ3n) is 3.88. The molecule has 0 spiro atoms. The Morgan fingerprint density at radius 3 is 2.69 bits per heavy atom. The number of fused-ring (bicyclic) bond motifs is 1. The van der Waals surface area contributed by atoms with Crippen LogP contribution in [0.4, 0.5) is 5.69 Å². The van der Waals surface area contributed by atoms with E-state index in [0.717, 1.165) is 5.52 Å². The number of hydrogen-bond acceptors (Lipinski definition) is 5. The lowest BCUT2D eigenvalue weighted by molar-refractivity contribution is 0.102. The second-order valence-corrected chi connectivity index (χ2v) is 6.14. The van der Waals surface area contributed by atoms with Crippen LogP contribution in [0.5, 0.6) is 11.5 Å². The molecule has 3 rings (SSSR count). The van der Waals surface area contributed by atoms with Crippen molar-refractivity contribution in [2.45, 2.75) is 26.7 Å². The maximum Gasteiger partial charge on any atom is 0.255 e. The van der Waals surface area contributed by atoms with E-state index < -0.39 is 0 Å². The van der Waals surface area contributed by atoms with Gasteiger partial charge in [-0.15, -0.1) is 0 Å². The van der Waals surface area contributed by atoms with Gasteiger partial charge in [0.25, 0.3) is 5.91 Å². The summed E-state index contributed by atoms with van der Waals surface area (Å²) in [5, 5.41) is 2.87. The van der Waals surface area contributed by atoms with Crippen LogP contribution in [0, 0.1) is 0 Å². The first-order chi connectivity index (χ1) is 12.5. The van der Waals surface area contributed by atoms with Gasteiger partial charge in [0.2, 0.25) is 0 Å². The number of carbonyl (C=O) groups excluding carboxylic acids is 1. The first kappa shape index (κ1) is 17.8. The summed E-state index contributed by atoms with van der Waals surface area (Å²) in [5.74, 6) is 1.78. The standard InChI is InChI=1S/C20H22N2O4/c1-5-25-17-8-6-13(10-18(17)24-4)19(23)21-14-7-9-16-15(11-14)22-20(26-16)12(2)3/h6-12H,5H2,1-4H3,(H,21,23). The summed E-state index contributed by atoms with van der Waals surface area (Å²) in [6.07, 6.45) is 0. The number of methoxy groups -OCH3 is 1. The summed E-state index contributed by atoms with van der Waals surface area (Å²) in [5.41, 5.74) is 2.55. The van der Waals surface area contributed by atoms with E-state index in [1.54, 1.807) is 37.4 Å². The number of nitrogens with one attached hydrogen (secondary N) is 1. The molecule has 0 saturated carbocycles. The molecule has 0 aliphatic carbocycles. The lowest BCUT2D eigenvalue weighted by atomic mass is 10.1. The van der Waals surface area contributed by atoms with Crippen LogP contribution in [0.1, 0.15) is 42.9 Å². The first-order valence-corrected chi connectivity index (χ1v) is 8.54. The Morgan fingerprint density at radius 1 is 1.19 bits per heavy atom. The number of anilines is 1. The summed E-state index contributed by atoms with van der Waals surface area (Å²) in [6.45, 7) is 6.46. The van der Waals surface area contributed by atoms with Crippen molar-refractivity contribution >= 4 is 22.7 Å². The molecule has 0 aliphatic rings. The van der Waals surface area contributed by atoms with Crippen molar-refractivity contribution in [1.29, 1.82) is 0 Å². The van der Waals surface area contributed by atoms with Gasteiger partial charge >= 0.3 is 0 Å². The van der Waals surface area contributed by atoms with Gasteiger partial charge < -0.3 is 19.2 Å². The van der Waals surface area contributed by atoms with Crippen LogP contribution in [0.25, 0.3) is 11.1 Å². The molecule has 6 nitrogen and oxygen atoms in total. The van der Waals surface area contributed by atoms with Crippen molar-refractivity contribution in [3.05, 3.63) is 47.9 Å². The van der Waals surface area contributed by atoms with Gasteiger partial charge in [0.05, 0.1) is 13.7 Å². The Kier molecular flexibility index (Phi) is 5.11. The van der Waals surface area contributed by atoms with Crippen molar-refractivity contribution in [2.75, 3.05) is 19.0 Å². The van der Waals surface area contributed by atoms with Crippen LogP contribution in [0.2, 0.25) is 0 Å². The number of benzene rings is 2. The van der Waals surface area contributed by atoms with Crippen LogP contribution in [-0.2, 0) is 0 Å². The molecule has 26 heavy (non-hydrogen) atoms. The molecule has 136 valence electrons. The molecule has 0 unspecified atom stereocenters. The second-order valence-electron chi connectivity index (χ2n) is 6.14. The van der Waals surface area contributed by atoms with E-state index in [-0.39, 0.29) is 11.8 Å². The molecule has 1 amide bonds. The zero-order chi connectivity index (χ0) is 18.7. The van der Waals surface area contributed by atoms with Gasteiger partial charge in [-0.3, -0.25) is 4.79 Å². The summed E-state index contributed by atoms with van der Waals surface area (Å²) < 4.78 is 16.5. The summed E-state index contributed by atoms with van der Waals surface area (Å²) in [4.78, 5) is 17.0. The van der Waals surface area contributed by atoms with Crippen molar-refractivity contribution in [1.82, 2.24) is 4.98 Å². The highest BCUT2D eigenvalue weighted by molar-refractivity contribution is 6.05. The van der Waals surface area contributed by atoms with E-state index in [1.165, 1.54) is 0 Å². The van der Waals surface area contributed by atoms with Crippen molar-refractivity contribution in [2.24, 2.45) is 0 Å². The average Bonchev–Trinajstić information content (AvgIpc) is 3.06. The van der Waals surface area contributed by atoms with Gasteiger partial charge in [-0.1, -0.05) is 13.8 Å². The van der Waals surface area contributed by atoms with Crippen LogP contribution in [-0.4, -0.2) is 24.6 Å². The fourth-order valence-corrected chi connectivity index (χ4v) is 2.56. The highest BCUT2D eigenvalue weighted by Gasteiger charge is 2.13. The normalized spacial score (nSPS) is 11.0. The van der Waals surface area contributed by atoms with Crippen molar-refractivity contribution in [3.8, 4) is 11.5 Å². The van der Waals surface area contributed by atoms with Crippen LogP contribution in [0.3, 0.4) is 0 Å². The number of amides is 1. The summed E-state index contributed by atoms with van der Waals surface area (Å²) >= 11 is 0. The van der Waals surface area contributed by atoms with Crippen molar-refractivity contribution in [3.63, 3.8) is 0 Å². The van der Waals surface area contributed by atoms with Gasteiger partial charge in [0.1, 0.15) is 5.52 Å². The fraction of sp³-hybridized carbons (Fsp3) is 0.300. The minimum atomic E-state index is -0.238. The summed E-state index contributed by atoms with van der Waals surface area (Å²) in [7, 11) is 1.55. The Balaban J connectivity index is 1.82. The molecule has 1 heterocycles. The maximum absolute atomic E-state index is 12.5. The predicted molar refractivity (Wildman–Crippen MR) is 100 cm³/mol. The van der Waals surface area contributed by atoms with Crippen molar-refractivity contribution < 1.29 is 18.7 Å². The highest BCUT2D eigenvalue weighted by atomic mass is 16.5. The average molecular weight is 354 g/mol. The molecule has 0 bridgehead atoms. The lowest BCUT2D eigenvalue weighted by Gasteiger charge is -2.11. The maximum atomic E-state index is 12.5. The molecule has 0 saturated heterocycles. The lowest BCUT2D eigenvalue weighted by Crippen LogP contribution is -2.12. The number of ether oxygens (including phenoxy) is 2. The van der Waals surface area contributed by atoms with E-state index in [0.29, 0.717) is 40.8 Å². The SMILES string of the molecule is CCOc1ccc(C(=O)Nc2ccc3oc(C(C)C)nc3c2)cc1OC. The molecule has 6 heteroatoms. The molecular weight excluding hydrogens is 332 g/mol. The molecule has 0 radical (unpaired) electrons. The minimum absolute atomic E-state index is 0.205. The van der Waals surface area contributed by atoms with Gasteiger partial charge in [0.15, 0.2) is 23.0 Å². The predicted octanol–water partition coefficient (Wildman–Crippen LogP) is 4.61. The number of aromatic nitrogens is 1. The van der Waals surface area contributed by atoms with Crippen LogP contribution in [0.15, 0.2) is 40.8 Å². The molecule has 3 aromatic rings. The number of nitrogens with zero attached hydrogens (tertiary/aromatic N) is 1. The van der Waals surface area contributed by atoms with E-state index >= 15 is 0 Å². The molecular formula is C20H22N2O4. The van der Waals surface area contributed by atoms with E-state index in [1.807, 2.05) is 26.8 Å². The fourth-order valence-electron chi connectivity index (χ4n) is 2.56. The second kappa shape index (κ2) is 7.47. The zero-order valence-corrected chi connectivity index (χ0v) is 15.3. The van der Waals surface area contributed by atoms with Gasteiger partial charge in [-0.25, -0.2) is 4.98 Å². The van der Waals surface area contributed by atoms with E-state index in [2.05, 4.69) is 10.3 Å². The van der Waals surface area contributed by atoms with Gasteiger partial charge in [0, 0.05) is 17.2 Å². The Hall–Kier alpha value is -3.02. The Morgan fingerprint density at radius 2 is 2.00 bits per heavy atom. The van der Waals surface area contributed by atoms with E-state index in [4.69, 9.17) is 13.9 Å². The molecule has 2 aromatic carbocycles. The molecule has 0 fully saturated rings. The number of carbonyl (C=O) groups is 1. The first-order valence-electron chi connectivity index (χ1n) is 8.54. The minimum Gasteiger partial charge on any atom is -0.493 e. The Bertz CT molecular complexity index is 931. The highest BCUT2D eigenvalue weighted by Crippen LogP contribution is 2.29. The zero-order valence-electron chi connectivity index (χ0n) is 15.3. The number of rotatable bonds is 6. The molecule has 1 aromatic heterocycles. The topological polar surface area (TPSA) is 73.6 Å². The monoisotopic (exact) mass is 354 g/mol. The van der Waals surface area contributed by atoms with Crippen LogP contribution < -0.4 is 14.8 Å². The van der Waals surface area contributed by atoms with Gasteiger partial charge in [-0.2, -0.15) is 0 Å². The third kappa shape index (κ3) is 3.64. The smallest absolute Gasteiger partial charge is 0.255 e. The molecule has 0 atom stereocenters. The van der Waals surface area contributed by atoms with E-state index in [9.17, 15) is 4.79 Å². The summed E-state index contributed by atoms with van der Waals surface area (Å²) in [6, 6.07) is 10.5. The largest absolute Gasteiger partial charge is 0.493 e. The quantitative estimate of drug-likeness (QED) is 0.700. The molecule has 0 aliphatic heterocycles. The van der Waals surface area contributed by atoms with Crippen LogP contribution >= 0.6 is 0 Å². The third-order valence-corrected chi connectivity index (χ3v) is 3.88. The number of oxazole rings is 1. The number of hydrogen-bond donors (Lipinski definition) is 1. The Labute approximate surface area is 152 Å². The molecule has 1 N–H and O–H groups in total.